The van der Waals surface area contributed by atoms with Crippen LogP contribution in [0.3, 0.4) is 0 Å². The van der Waals surface area contributed by atoms with Crippen LogP contribution in [0.25, 0.3) is 0 Å². The van der Waals surface area contributed by atoms with Crippen LogP contribution in [0.15, 0.2) is 28.5 Å². The molecular formula is C11H6I2N4O. The standard InChI is InChI=1S/C11H6I2N4O/c12-7-1-6(2-8(13)11(7)18)5-17-10(4-15)9(16)3-14/h1-2,5,18H,16H2/b10-9-,17-5?. The molecule has 7 heteroatoms. The third-order valence-electron chi connectivity index (χ3n) is 1.86. The van der Waals surface area contributed by atoms with Crippen molar-refractivity contribution in [3.63, 3.8) is 0 Å². The molecule has 1 aromatic rings. The maximum Gasteiger partial charge on any atom is 0.174 e. The zero-order valence-corrected chi connectivity index (χ0v) is 13.2. The maximum absolute atomic E-state index is 9.60. The summed E-state index contributed by atoms with van der Waals surface area (Å²) in [5.41, 5.74) is 5.67. The van der Waals surface area contributed by atoms with E-state index in [1.807, 2.05) is 45.2 Å². The molecular weight excluding hydrogens is 458 g/mol. The maximum atomic E-state index is 9.60. The van der Waals surface area contributed by atoms with E-state index in [1.165, 1.54) is 6.21 Å². The first-order valence-corrected chi connectivity index (χ1v) is 6.67. The predicted molar refractivity (Wildman–Crippen MR) is 83.6 cm³/mol. The number of nitriles is 2. The van der Waals surface area contributed by atoms with Crippen LogP contribution in [0, 0.1) is 29.8 Å². The van der Waals surface area contributed by atoms with E-state index in [0.717, 1.165) is 0 Å². The minimum atomic E-state index is -0.225. The average Bonchev–Trinajstić information content (AvgIpc) is 2.36. The van der Waals surface area contributed by atoms with Crippen LogP contribution in [-0.4, -0.2) is 11.3 Å². The molecule has 0 unspecified atom stereocenters. The lowest BCUT2D eigenvalue weighted by Gasteiger charge is -2.01. The molecule has 0 aliphatic heterocycles. The minimum absolute atomic E-state index is 0.129. The Morgan fingerprint density at radius 2 is 1.83 bits per heavy atom. The molecule has 0 spiro atoms. The van der Waals surface area contributed by atoms with Crippen LogP contribution >= 0.6 is 45.2 Å². The number of phenols is 1. The molecule has 1 rings (SSSR count). The lowest BCUT2D eigenvalue weighted by atomic mass is 10.2. The number of hydrogen-bond donors (Lipinski definition) is 2. The number of benzene rings is 1. The molecule has 3 N–H and O–H groups in total. The third-order valence-corrected chi connectivity index (χ3v) is 3.51. The number of aliphatic imine (C=N–C) groups is 1. The molecule has 0 aliphatic carbocycles. The Balaban J connectivity index is 3.14. The second kappa shape index (κ2) is 6.56. The summed E-state index contributed by atoms with van der Waals surface area (Å²) in [6.07, 6.45) is 1.42. The van der Waals surface area contributed by atoms with Crippen LogP contribution < -0.4 is 5.73 Å². The molecule has 0 aromatic heterocycles. The topological polar surface area (TPSA) is 106 Å². The van der Waals surface area contributed by atoms with Crippen molar-refractivity contribution in [2.24, 2.45) is 10.7 Å². The molecule has 0 aliphatic rings. The molecule has 18 heavy (non-hydrogen) atoms. The van der Waals surface area contributed by atoms with Crippen molar-refractivity contribution < 1.29 is 5.11 Å². The summed E-state index contributed by atoms with van der Waals surface area (Å²) in [7, 11) is 0. The highest BCUT2D eigenvalue weighted by molar-refractivity contribution is 14.1. The van der Waals surface area contributed by atoms with E-state index in [1.54, 1.807) is 24.3 Å². The second-order valence-electron chi connectivity index (χ2n) is 3.08. The van der Waals surface area contributed by atoms with E-state index in [9.17, 15) is 5.11 Å². The summed E-state index contributed by atoms with van der Waals surface area (Å²) >= 11 is 3.98. The van der Waals surface area contributed by atoms with E-state index < -0.39 is 0 Å². The van der Waals surface area contributed by atoms with Gasteiger partial charge in [-0.15, -0.1) is 0 Å². The minimum Gasteiger partial charge on any atom is -0.506 e. The van der Waals surface area contributed by atoms with Gasteiger partial charge in [0.2, 0.25) is 0 Å². The number of aromatic hydroxyl groups is 1. The van der Waals surface area contributed by atoms with Crippen LogP contribution in [0.1, 0.15) is 5.56 Å². The highest BCUT2D eigenvalue weighted by Crippen LogP contribution is 2.26. The fraction of sp³-hybridized carbons (Fsp3) is 0. The van der Waals surface area contributed by atoms with Gasteiger partial charge in [-0.2, -0.15) is 10.5 Å². The van der Waals surface area contributed by atoms with Gasteiger partial charge in [-0.1, -0.05) is 0 Å². The largest absolute Gasteiger partial charge is 0.506 e. The van der Waals surface area contributed by atoms with Gasteiger partial charge in [-0.25, -0.2) is 4.99 Å². The molecule has 0 saturated heterocycles. The molecule has 0 heterocycles. The van der Waals surface area contributed by atoms with E-state index in [0.29, 0.717) is 12.7 Å². The first kappa shape index (κ1) is 14.7. The van der Waals surface area contributed by atoms with Crippen molar-refractivity contribution in [2.45, 2.75) is 0 Å². The Labute approximate surface area is 131 Å². The first-order chi connectivity index (χ1) is 8.49. The zero-order valence-electron chi connectivity index (χ0n) is 8.85. The van der Waals surface area contributed by atoms with Crippen LogP contribution in [0.2, 0.25) is 0 Å². The highest BCUT2D eigenvalue weighted by atomic mass is 127. The predicted octanol–water partition coefficient (Wildman–Crippen LogP) is 2.24. The van der Waals surface area contributed by atoms with Crippen molar-refractivity contribution in [3.05, 3.63) is 36.2 Å². The Bertz CT molecular complexity index is 600. The first-order valence-electron chi connectivity index (χ1n) is 4.51. The van der Waals surface area contributed by atoms with Crippen molar-refractivity contribution in [1.29, 1.82) is 10.5 Å². The molecule has 0 saturated carbocycles. The van der Waals surface area contributed by atoms with Gasteiger partial charge in [0.25, 0.3) is 0 Å². The van der Waals surface area contributed by atoms with E-state index in [-0.39, 0.29) is 17.1 Å². The van der Waals surface area contributed by atoms with Gasteiger partial charge < -0.3 is 10.8 Å². The van der Waals surface area contributed by atoms with Crippen molar-refractivity contribution in [1.82, 2.24) is 0 Å². The van der Waals surface area contributed by atoms with E-state index >= 15 is 0 Å². The average molecular weight is 464 g/mol. The second-order valence-corrected chi connectivity index (χ2v) is 5.40. The Hall–Kier alpha value is -1.33. The van der Waals surface area contributed by atoms with Gasteiger partial charge in [0, 0.05) is 6.21 Å². The Morgan fingerprint density at radius 3 is 2.28 bits per heavy atom. The molecule has 0 amide bonds. The quantitative estimate of drug-likeness (QED) is 0.398. The van der Waals surface area contributed by atoms with Crippen molar-refractivity contribution in [3.8, 4) is 17.9 Å². The van der Waals surface area contributed by atoms with Gasteiger partial charge >= 0.3 is 0 Å². The third kappa shape index (κ3) is 3.58. The van der Waals surface area contributed by atoms with Gasteiger partial charge in [-0.05, 0) is 62.9 Å². The lowest BCUT2D eigenvalue weighted by Crippen LogP contribution is -1.97. The van der Waals surface area contributed by atoms with E-state index in [4.69, 9.17) is 16.3 Å². The number of phenolic OH excluding ortho intramolecular Hbond substituents is 1. The molecule has 0 atom stereocenters. The monoisotopic (exact) mass is 464 g/mol. The normalized spacial score (nSPS) is 11.8. The van der Waals surface area contributed by atoms with Gasteiger partial charge in [0.05, 0.1) is 7.14 Å². The summed E-state index contributed by atoms with van der Waals surface area (Å²) in [6, 6.07) is 6.82. The van der Waals surface area contributed by atoms with Gasteiger partial charge in [0.1, 0.15) is 23.6 Å². The Morgan fingerprint density at radius 1 is 1.28 bits per heavy atom. The van der Waals surface area contributed by atoms with Gasteiger partial charge in [-0.3, -0.25) is 0 Å². The lowest BCUT2D eigenvalue weighted by molar-refractivity contribution is 0.467. The van der Waals surface area contributed by atoms with Gasteiger partial charge in [0.15, 0.2) is 5.70 Å². The zero-order chi connectivity index (χ0) is 13.7. The van der Waals surface area contributed by atoms with Crippen molar-refractivity contribution in [2.75, 3.05) is 0 Å². The molecule has 0 fully saturated rings. The van der Waals surface area contributed by atoms with Crippen molar-refractivity contribution >= 4 is 51.4 Å². The number of halogens is 2. The summed E-state index contributed by atoms with van der Waals surface area (Å²) in [4.78, 5) is 3.85. The number of nitrogens with two attached hydrogens (primary N) is 1. The van der Waals surface area contributed by atoms with Crippen LogP contribution in [0.4, 0.5) is 0 Å². The SMILES string of the molecule is N#C/C(N)=C(\C#N)N=Cc1cc(I)c(O)c(I)c1. The summed E-state index contributed by atoms with van der Waals surface area (Å²) < 4.78 is 1.35. The van der Waals surface area contributed by atoms with Crippen LogP contribution in [-0.2, 0) is 0 Å². The molecule has 0 bridgehead atoms. The molecule has 1 aromatic carbocycles. The van der Waals surface area contributed by atoms with E-state index in [2.05, 4.69) is 4.99 Å². The Kier molecular flexibility index (Phi) is 5.37. The number of nitrogens with zero attached hydrogens (tertiary/aromatic N) is 3. The number of rotatable bonds is 2. The molecule has 90 valence electrons. The summed E-state index contributed by atoms with van der Waals surface area (Å²) in [6.45, 7) is 0. The fourth-order valence-corrected chi connectivity index (χ4v) is 2.83. The fourth-order valence-electron chi connectivity index (χ4n) is 1.01. The summed E-state index contributed by atoms with van der Waals surface area (Å²) in [5, 5.41) is 26.9. The highest BCUT2D eigenvalue weighted by Gasteiger charge is 2.05. The molecule has 5 nitrogen and oxygen atoms in total. The summed E-state index contributed by atoms with van der Waals surface area (Å²) in [5.74, 6) is 0.209. The molecule has 0 radical (unpaired) electrons. The van der Waals surface area contributed by atoms with Crippen LogP contribution in [0.5, 0.6) is 5.75 Å². The number of hydrogen-bond acceptors (Lipinski definition) is 5. The number of allylic oxidation sites excluding steroid dienone is 2. The smallest absolute Gasteiger partial charge is 0.174 e.